The van der Waals surface area contributed by atoms with Crippen LogP contribution >= 0.6 is 0 Å². The van der Waals surface area contributed by atoms with Crippen LogP contribution in [0.5, 0.6) is 5.88 Å². The molecule has 1 N–H and O–H groups in total. The molecule has 1 aliphatic rings. The van der Waals surface area contributed by atoms with Crippen LogP contribution in [0.1, 0.15) is 57.7 Å². The summed E-state index contributed by atoms with van der Waals surface area (Å²) in [5.41, 5.74) is 0. The monoisotopic (exact) mass is 249 g/mol. The fourth-order valence-corrected chi connectivity index (χ4v) is 2.24. The zero-order valence-corrected chi connectivity index (χ0v) is 11.6. The summed E-state index contributed by atoms with van der Waals surface area (Å²) in [5, 5.41) is 3.07. The largest absolute Gasteiger partial charge is 0.474 e. The van der Waals surface area contributed by atoms with Gasteiger partial charge in [-0.1, -0.05) is 20.3 Å². The molecule has 1 aliphatic carbocycles. The van der Waals surface area contributed by atoms with Crippen molar-refractivity contribution in [2.75, 3.05) is 12.4 Å². The third-order valence-corrected chi connectivity index (χ3v) is 3.33. The van der Waals surface area contributed by atoms with E-state index >= 15 is 0 Å². The molecule has 4 heteroatoms. The van der Waals surface area contributed by atoms with Gasteiger partial charge in [-0.15, -0.1) is 0 Å². The van der Waals surface area contributed by atoms with E-state index in [0.29, 0.717) is 17.9 Å². The summed E-state index contributed by atoms with van der Waals surface area (Å²) in [6.07, 6.45) is 6.50. The Labute approximate surface area is 109 Å². The summed E-state index contributed by atoms with van der Waals surface area (Å²) in [6, 6.07) is 1.89. The number of rotatable bonds is 4. The normalized spacial score (nSPS) is 16.9. The van der Waals surface area contributed by atoms with Gasteiger partial charge in [0.05, 0.1) is 0 Å². The van der Waals surface area contributed by atoms with Crippen molar-refractivity contribution in [2.45, 2.75) is 58.0 Å². The lowest BCUT2D eigenvalue weighted by Gasteiger charge is -2.23. The summed E-state index contributed by atoms with van der Waals surface area (Å²) in [4.78, 5) is 8.94. The van der Waals surface area contributed by atoms with E-state index < -0.39 is 0 Å². The highest BCUT2D eigenvalue weighted by Gasteiger charge is 2.17. The second-order valence-corrected chi connectivity index (χ2v) is 5.23. The van der Waals surface area contributed by atoms with Crippen molar-refractivity contribution in [3.8, 4) is 5.88 Å². The zero-order valence-electron chi connectivity index (χ0n) is 11.6. The smallest absolute Gasteiger partial charge is 0.219 e. The second kappa shape index (κ2) is 6.03. The molecule has 0 aliphatic heterocycles. The molecule has 1 aromatic rings. The lowest BCUT2D eigenvalue weighted by atomic mass is 9.98. The molecule has 0 spiro atoms. The van der Waals surface area contributed by atoms with Crippen LogP contribution in [0.25, 0.3) is 0 Å². The molecule has 0 radical (unpaired) electrons. The molecular weight excluding hydrogens is 226 g/mol. The van der Waals surface area contributed by atoms with Gasteiger partial charge in [0.2, 0.25) is 5.88 Å². The molecule has 1 saturated carbocycles. The van der Waals surface area contributed by atoms with Crippen molar-refractivity contribution < 1.29 is 4.74 Å². The molecule has 0 aromatic carbocycles. The van der Waals surface area contributed by atoms with Gasteiger partial charge in [0.15, 0.2) is 0 Å². The molecule has 1 fully saturated rings. The predicted molar refractivity (Wildman–Crippen MR) is 73.2 cm³/mol. The Kier molecular flexibility index (Phi) is 4.39. The SMILES string of the molecule is CNc1cc(OC2CCCCC2)nc(C(C)C)n1. The van der Waals surface area contributed by atoms with Gasteiger partial charge in [-0.25, -0.2) is 4.98 Å². The van der Waals surface area contributed by atoms with E-state index in [1.807, 2.05) is 13.1 Å². The molecule has 0 saturated heterocycles. The first-order valence-electron chi connectivity index (χ1n) is 6.92. The van der Waals surface area contributed by atoms with Crippen LogP contribution in [0.4, 0.5) is 5.82 Å². The number of nitrogens with zero attached hydrogens (tertiary/aromatic N) is 2. The molecule has 18 heavy (non-hydrogen) atoms. The quantitative estimate of drug-likeness (QED) is 0.889. The summed E-state index contributed by atoms with van der Waals surface area (Å²) < 4.78 is 6.00. The van der Waals surface area contributed by atoms with E-state index in [-0.39, 0.29) is 0 Å². The van der Waals surface area contributed by atoms with E-state index in [2.05, 4.69) is 29.1 Å². The molecule has 0 bridgehead atoms. The van der Waals surface area contributed by atoms with Gasteiger partial charge < -0.3 is 10.1 Å². The molecular formula is C14H23N3O. The summed E-state index contributed by atoms with van der Waals surface area (Å²) in [7, 11) is 1.87. The molecule has 0 unspecified atom stereocenters. The second-order valence-electron chi connectivity index (χ2n) is 5.23. The van der Waals surface area contributed by atoms with E-state index in [9.17, 15) is 0 Å². The van der Waals surface area contributed by atoms with Crippen molar-refractivity contribution in [1.29, 1.82) is 0 Å². The number of nitrogens with one attached hydrogen (secondary N) is 1. The van der Waals surface area contributed by atoms with Crippen LogP contribution in [0.15, 0.2) is 6.07 Å². The molecule has 100 valence electrons. The van der Waals surface area contributed by atoms with Crippen LogP contribution in [-0.4, -0.2) is 23.1 Å². The number of anilines is 1. The number of ether oxygens (including phenoxy) is 1. The van der Waals surface area contributed by atoms with Crippen molar-refractivity contribution in [3.05, 3.63) is 11.9 Å². The third kappa shape index (κ3) is 3.34. The molecule has 2 rings (SSSR count). The first-order valence-corrected chi connectivity index (χ1v) is 6.92. The van der Waals surface area contributed by atoms with Gasteiger partial charge in [-0.2, -0.15) is 4.98 Å². The van der Waals surface area contributed by atoms with Gasteiger partial charge in [0, 0.05) is 19.0 Å². The number of hydrogen-bond donors (Lipinski definition) is 1. The van der Waals surface area contributed by atoms with Crippen molar-refractivity contribution >= 4 is 5.82 Å². The Morgan fingerprint density at radius 2 is 1.94 bits per heavy atom. The van der Waals surface area contributed by atoms with Crippen LogP contribution < -0.4 is 10.1 Å². The molecule has 0 atom stereocenters. The highest BCUT2D eigenvalue weighted by Crippen LogP contribution is 2.24. The predicted octanol–water partition coefficient (Wildman–Crippen LogP) is 3.35. The first-order chi connectivity index (χ1) is 8.69. The fourth-order valence-electron chi connectivity index (χ4n) is 2.24. The maximum Gasteiger partial charge on any atom is 0.219 e. The summed E-state index contributed by atoms with van der Waals surface area (Å²) in [6.45, 7) is 4.19. The topological polar surface area (TPSA) is 47.0 Å². The van der Waals surface area contributed by atoms with E-state index in [1.54, 1.807) is 0 Å². The minimum Gasteiger partial charge on any atom is -0.474 e. The maximum absolute atomic E-state index is 6.00. The highest BCUT2D eigenvalue weighted by molar-refractivity contribution is 5.38. The van der Waals surface area contributed by atoms with Crippen molar-refractivity contribution in [2.24, 2.45) is 0 Å². The van der Waals surface area contributed by atoms with Crippen molar-refractivity contribution in [3.63, 3.8) is 0 Å². The van der Waals surface area contributed by atoms with Gasteiger partial charge >= 0.3 is 0 Å². The van der Waals surface area contributed by atoms with Gasteiger partial charge in [0.1, 0.15) is 17.7 Å². The minimum absolute atomic E-state index is 0.312. The minimum atomic E-state index is 0.312. The maximum atomic E-state index is 6.00. The average Bonchev–Trinajstić information content (AvgIpc) is 2.39. The lowest BCUT2D eigenvalue weighted by Crippen LogP contribution is -2.20. The van der Waals surface area contributed by atoms with Gasteiger partial charge in [-0.05, 0) is 25.7 Å². The molecule has 0 amide bonds. The van der Waals surface area contributed by atoms with Crippen LogP contribution in [-0.2, 0) is 0 Å². The van der Waals surface area contributed by atoms with Crippen LogP contribution in [0, 0.1) is 0 Å². The van der Waals surface area contributed by atoms with Gasteiger partial charge in [0.25, 0.3) is 0 Å². The molecule has 4 nitrogen and oxygen atoms in total. The first kappa shape index (κ1) is 13.1. The zero-order chi connectivity index (χ0) is 13.0. The Balaban J connectivity index is 2.12. The fraction of sp³-hybridized carbons (Fsp3) is 0.714. The summed E-state index contributed by atoms with van der Waals surface area (Å²) >= 11 is 0. The average molecular weight is 249 g/mol. The molecule has 1 heterocycles. The Morgan fingerprint density at radius 1 is 1.22 bits per heavy atom. The van der Waals surface area contributed by atoms with Crippen LogP contribution in [0.2, 0.25) is 0 Å². The number of hydrogen-bond acceptors (Lipinski definition) is 4. The van der Waals surface area contributed by atoms with E-state index in [4.69, 9.17) is 4.74 Å². The molecule has 1 aromatic heterocycles. The lowest BCUT2D eigenvalue weighted by molar-refractivity contribution is 0.148. The highest BCUT2D eigenvalue weighted by atomic mass is 16.5. The van der Waals surface area contributed by atoms with E-state index in [1.165, 1.54) is 19.3 Å². The number of aromatic nitrogens is 2. The summed E-state index contributed by atoms with van der Waals surface area (Å²) in [5.74, 6) is 2.70. The third-order valence-electron chi connectivity index (χ3n) is 3.33. The Bertz CT molecular complexity index is 387. The Morgan fingerprint density at radius 3 is 2.56 bits per heavy atom. The van der Waals surface area contributed by atoms with E-state index in [0.717, 1.165) is 24.5 Å². The Hall–Kier alpha value is -1.32. The standard InChI is InChI=1S/C14H23N3O/c1-10(2)14-16-12(15-3)9-13(17-14)18-11-7-5-4-6-8-11/h9-11H,4-8H2,1-3H3,(H,15,16,17). The van der Waals surface area contributed by atoms with Gasteiger partial charge in [-0.3, -0.25) is 0 Å². The van der Waals surface area contributed by atoms with Crippen molar-refractivity contribution in [1.82, 2.24) is 9.97 Å². The van der Waals surface area contributed by atoms with Crippen LogP contribution in [0.3, 0.4) is 0 Å².